The van der Waals surface area contributed by atoms with Gasteiger partial charge in [-0.1, -0.05) is 6.07 Å². The van der Waals surface area contributed by atoms with Crippen LogP contribution in [0.2, 0.25) is 0 Å². The molecular formula is C26H27IN8O2. The van der Waals surface area contributed by atoms with Crippen LogP contribution in [0, 0.1) is 3.70 Å². The van der Waals surface area contributed by atoms with E-state index in [1.165, 1.54) is 6.33 Å². The number of halogens is 1. The van der Waals surface area contributed by atoms with Crippen LogP contribution in [0.4, 0.5) is 5.82 Å². The minimum atomic E-state index is -0.124. The number of hydrogen-bond donors (Lipinski definition) is 1. The Labute approximate surface area is 227 Å². The van der Waals surface area contributed by atoms with E-state index in [0.717, 1.165) is 70.2 Å². The third-order valence-corrected chi connectivity index (χ3v) is 7.52. The molecule has 190 valence electrons. The Kier molecular flexibility index (Phi) is 6.65. The van der Waals surface area contributed by atoms with Crippen molar-refractivity contribution in [3.8, 4) is 17.1 Å². The van der Waals surface area contributed by atoms with Crippen molar-refractivity contribution >= 4 is 45.0 Å². The fourth-order valence-corrected chi connectivity index (χ4v) is 5.56. The third kappa shape index (κ3) is 4.62. The van der Waals surface area contributed by atoms with Crippen LogP contribution in [0.25, 0.3) is 27.9 Å². The fourth-order valence-electron chi connectivity index (χ4n) is 4.81. The van der Waals surface area contributed by atoms with Crippen LogP contribution < -0.4 is 10.5 Å². The van der Waals surface area contributed by atoms with Crippen LogP contribution in [0.5, 0.6) is 5.75 Å². The quantitative estimate of drug-likeness (QED) is 0.279. The van der Waals surface area contributed by atoms with E-state index in [1.54, 1.807) is 6.20 Å². The summed E-state index contributed by atoms with van der Waals surface area (Å²) in [4.78, 5) is 15.8. The Morgan fingerprint density at radius 2 is 2.00 bits per heavy atom. The van der Waals surface area contributed by atoms with Crippen molar-refractivity contribution in [3.63, 3.8) is 0 Å². The second-order valence-electron chi connectivity index (χ2n) is 8.99. The van der Waals surface area contributed by atoms with E-state index in [0.29, 0.717) is 18.1 Å². The Bertz CT molecular complexity index is 1540. The van der Waals surface area contributed by atoms with Crippen LogP contribution in [0.15, 0.2) is 55.1 Å². The smallest absolute Gasteiger partial charge is 0.165 e. The SMILES string of the molecule is CC(c1cc2ccccn2c1-c1ccc(OCCN2CCOCC2)cn1)n1nc(I)c2c(N)ncnc21. The van der Waals surface area contributed by atoms with Crippen LogP contribution in [-0.2, 0) is 4.74 Å². The molecule has 37 heavy (non-hydrogen) atoms. The Hall–Kier alpha value is -3.29. The third-order valence-electron chi connectivity index (χ3n) is 6.76. The van der Waals surface area contributed by atoms with E-state index in [-0.39, 0.29) is 6.04 Å². The summed E-state index contributed by atoms with van der Waals surface area (Å²) < 4.78 is 16.2. The number of morpholine rings is 1. The molecule has 10 nitrogen and oxygen atoms in total. The normalized spacial score (nSPS) is 15.4. The first-order valence-corrected chi connectivity index (χ1v) is 13.3. The Balaban J connectivity index is 1.32. The van der Waals surface area contributed by atoms with E-state index in [9.17, 15) is 0 Å². The standard InChI is InChI=1S/C26H27IN8O2/c1-17(35-26-22(24(27)32-35)25(28)30-16-31-26)20-14-18-4-2-3-7-34(18)23(20)21-6-5-19(15-29-21)37-13-10-33-8-11-36-12-9-33/h2-7,14-17H,8-13H2,1H3,(H2,28,30,31). The first-order valence-electron chi connectivity index (χ1n) is 12.2. The van der Waals surface area contributed by atoms with Gasteiger partial charge >= 0.3 is 0 Å². The van der Waals surface area contributed by atoms with Gasteiger partial charge in [0.1, 0.15) is 28.2 Å². The Morgan fingerprint density at radius 1 is 1.14 bits per heavy atom. The van der Waals surface area contributed by atoms with Crippen molar-refractivity contribution in [2.45, 2.75) is 13.0 Å². The minimum Gasteiger partial charge on any atom is -0.491 e. The fraction of sp³-hybridized carbons (Fsp3) is 0.308. The van der Waals surface area contributed by atoms with Crippen LogP contribution >= 0.6 is 22.6 Å². The number of pyridine rings is 2. The van der Waals surface area contributed by atoms with Gasteiger partial charge in [0.2, 0.25) is 0 Å². The summed E-state index contributed by atoms with van der Waals surface area (Å²) in [7, 11) is 0. The van der Waals surface area contributed by atoms with E-state index < -0.39 is 0 Å². The summed E-state index contributed by atoms with van der Waals surface area (Å²) in [5.41, 5.74) is 10.9. The maximum absolute atomic E-state index is 6.14. The minimum absolute atomic E-state index is 0.124. The zero-order valence-corrected chi connectivity index (χ0v) is 22.6. The molecule has 0 amide bonds. The zero-order valence-electron chi connectivity index (χ0n) is 20.4. The lowest BCUT2D eigenvalue weighted by Crippen LogP contribution is -2.38. The van der Waals surface area contributed by atoms with Crippen molar-refractivity contribution in [2.75, 3.05) is 45.2 Å². The number of fused-ring (bicyclic) bond motifs is 2. The second kappa shape index (κ2) is 10.2. The van der Waals surface area contributed by atoms with Gasteiger partial charge in [0, 0.05) is 36.9 Å². The van der Waals surface area contributed by atoms with Gasteiger partial charge in [0.05, 0.1) is 42.2 Å². The molecule has 5 aromatic heterocycles. The first-order chi connectivity index (χ1) is 18.1. The van der Waals surface area contributed by atoms with E-state index in [2.05, 4.69) is 67.1 Å². The summed E-state index contributed by atoms with van der Waals surface area (Å²) in [6.45, 7) is 7.08. The molecule has 2 N–H and O–H groups in total. The molecule has 0 bridgehead atoms. The molecule has 1 atom stereocenters. The lowest BCUT2D eigenvalue weighted by atomic mass is 10.1. The molecule has 11 heteroatoms. The van der Waals surface area contributed by atoms with Crippen LogP contribution in [-0.4, -0.2) is 73.5 Å². The Morgan fingerprint density at radius 3 is 2.81 bits per heavy atom. The number of nitrogens with zero attached hydrogens (tertiary/aromatic N) is 7. The largest absolute Gasteiger partial charge is 0.491 e. The van der Waals surface area contributed by atoms with Gasteiger partial charge in [-0.3, -0.25) is 9.88 Å². The van der Waals surface area contributed by atoms with Crippen LogP contribution in [0.3, 0.4) is 0 Å². The number of anilines is 1. The molecule has 6 rings (SSSR count). The second-order valence-corrected chi connectivity index (χ2v) is 10.0. The van der Waals surface area contributed by atoms with Gasteiger partial charge in [-0.05, 0) is 59.8 Å². The van der Waals surface area contributed by atoms with Crippen molar-refractivity contribution in [1.29, 1.82) is 0 Å². The highest BCUT2D eigenvalue weighted by Crippen LogP contribution is 2.35. The summed E-state index contributed by atoms with van der Waals surface area (Å²) in [5, 5.41) is 5.55. The first kappa shape index (κ1) is 24.1. The molecule has 0 radical (unpaired) electrons. The lowest BCUT2D eigenvalue weighted by Gasteiger charge is -2.26. The van der Waals surface area contributed by atoms with Gasteiger partial charge in [-0.15, -0.1) is 0 Å². The molecule has 0 spiro atoms. The van der Waals surface area contributed by atoms with E-state index >= 15 is 0 Å². The van der Waals surface area contributed by atoms with Crippen molar-refractivity contribution < 1.29 is 9.47 Å². The predicted octanol–water partition coefficient (Wildman–Crippen LogP) is 3.65. The summed E-state index contributed by atoms with van der Waals surface area (Å²) in [6.07, 6.45) is 5.33. The highest BCUT2D eigenvalue weighted by atomic mass is 127. The van der Waals surface area contributed by atoms with Crippen molar-refractivity contribution in [2.24, 2.45) is 0 Å². The topological polar surface area (TPSA) is 109 Å². The van der Waals surface area contributed by atoms with E-state index in [1.807, 2.05) is 28.9 Å². The average molecular weight is 610 g/mol. The van der Waals surface area contributed by atoms with Gasteiger partial charge in [-0.2, -0.15) is 5.10 Å². The lowest BCUT2D eigenvalue weighted by molar-refractivity contribution is 0.0322. The number of rotatable bonds is 7. The van der Waals surface area contributed by atoms with Gasteiger partial charge in [0.25, 0.3) is 0 Å². The monoisotopic (exact) mass is 610 g/mol. The van der Waals surface area contributed by atoms with Crippen molar-refractivity contribution in [3.05, 3.63) is 64.4 Å². The molecule has 1 aliphatic rings. The van der Waals surface area contributed by atoms with Crippen LogP contribution in [0.1, 0.15) is 18.5 Å². The van der Waals surface area contributed by atoms with E-state index in [4.69, 9.17) is 25.3 Å². The molecule has 1 unspecified atom stereocenters. The van der Waals surface area contributed by atoms with Gasteiger partial charge < -0.3 is 19.6 Å². The molecular weight excluding hydrogens is 583 g/mol. The molecule has 1 saturated heterocycles. The predicted molar refractivity (Wildman–Crippen MR) is 150 cm³/mol. The molecule has 0 aliphatic carbocycles. The van der Waals surface area contributed by atoms with Crippen molar-refractivity contribution in [1.82, 2.24) is 34.0 Å². The molecule has 5 aromatic rings. The number of hydrogen-bond acceptors (Lipinski definition) is 8. The van der Waals surface area contributed by atoms with Gasteiger partial charge in [-0.25, -0.2) is 14.6 Å². The number of ether oxygens (including phenoxy) is 2. The van der Waals surface area contributed by atoms with Gasteiger partial charge in [0.15, 0.2) is 5.65 Å². The maximum Gasteiger partial charge on any atom is 0.165 e. The summed E-state index contributed by atoms with van der Waals surface area (Å²) in [6, 6.07) is 12.2. The molecule has 1 aliphatic heterocycles. The molecule has 0 aromatic carbocycles. The molecule has 1 fully saturated rings. The zero-order chi connectivity index (χ0) is 25.4. The highest BCUT2D eigenvalue weighted by Gasteiger charge is 2.24. The summed E-state index contributed by atoms with van der Waals surface area (Å²) >= 11 is 2.19. The average Bonchev–Trinajstić information content (AvgIpc) is 3.48. The maximum atomic E-state index is 6.14. The number of nitrogen functional groups attached to an aromatic ring is 1. The molecule has 0 saturated carbocycles. The number of aromatic nitrogens is 6. The summed E-state index contributed by atoms with van der Waals surface area (Å²) in [5.74, 6) is 1.19. The highest BCUT2D eigenvalue weighted by molar-refractivity contribution is 14.1. The molecule has 6 heterocycles. The number of nitrogens with two attached hydrogens (primary N) is 1.